The van der Waals surface area contributed by atoms with Crippen LogP contribution in [-0.4, -0.2) is 41.1 Å². The van der Waals surface area contributed by atoms with Crippen LogP contribution in [0, 0.1) is 5.92 Å². The summed E-state index contributed by atoms with van der Waals surface area (Å²) in [4.78, 5) is 15.4. The highest BCUT2D eigenvalue weighted by Gasteiger charge is 2.43. The molecule has 0 bridgehead atoms. The third-order valence-electron chi connectivity index (χ3n) is 4.22. The van der Waals surface area contributed by atoms with Crippen molar-refractivity contribution in [2.24, 2.45) is 5.92 Å². The molecule has 0 spiro atoms. The number of hydrogen-bond donors (Lipinski definition) is 2. The fraction of sp³-hybridized carbons (Fsp3) is 0.667. The number of likely N-dealkylation sites (tertiary alicyclic amines) is 1. The molecule has 1 amide bonds. The fourth-order valence-electron chi connectivity index (χ4n) is 2.85. The summed E-state index contributed by atoms with van der Waals surface area (Å²) in [5, 5.41) is 13.8. The number of nitrogens with zero attached hydrogens (tertiary/aromatic N) is 1. The number of carbonyl (C=O) groups is 1. The third kappa shape index (κ3) is 3.77. The highest BCUT2D eigenvalue weighted by Crippen LogP contribution is 2.32. The SMILES string of the molecule is O=C1N(CC2CC2)CCCC1(O)CNCc1ccc(Cl)s1. The Kier molecular flexibility index (Phi) is 4.54. The smallest absolute Gasteiger partial charge is 0.255 e. The van der Waals surface area contributed by atoms with Crippen molar-refractivity contribution < 1.29 is 9.90 Å². The van der Waals surface area contributed by atoms with E-state index in [4.69, 9.17) is 11.6 Å². The molecule has 21 heavy (non-hydrogen) atoms. The zero-order chi connectivity index (χ0) is 14.9. The van der Waals surface area contributed by atoms with Crippen LogP contribution in [0.2, 0.25) is 4.34 Å². The molecule has 2 aliphatic rings. The van der Waals surface area contributed by atoms with Crippen molar-refractivity contribution >= 4 is 28.8 Å². The second-order valence-electron chi connectivity index (χ2n) is 6.14. The van der Waals surface area contributed by atoms with Crippen LogP contribution in [0.4, 0.5) is 0 Å². The lowest BCUT2D eigenvalue weighted by atomic mass is 9.91. The lowest BCUT2D eigenvalue weighted by molar-refractivity contribution is -0.156. The van der Waals surface area contributed by atoms with Crippen LogP contribution in [0.5, 0.6) is 0 Å². The van der Waals surface area contributed by atoms with E-state index in [1.807, 2.05) is 17.0 Å². The van der Waals surface area contributed by atoms with Gasteiger partial charge >= 0.3 is 0 Å². The minimum Gasteiger partial charge on any atom is -0.379 e. The lowest BCUT2D eigenvalue weighted by Gasteiger charge is -2.38. The summed E-state index contributed by atoms with van der Waals surface area (Å²) in [6.07, 6.45) is 3.87. The molecule has 2 fully saturated rings. The van der Waals surface area contributed by atoms with Crippen molar-refractivity contribution in [3.8, 4) is 0 Å². The van der Waals surface area contributed by atoms with Crippen molar-refractivity contribution in [2.75, 3.05) is 19.6 Å². The Labute approximate surface area is 134 Å². The molecule has 1 aliphatic carbocycles. The number of nitrogens with one attached hydrogen (secondary N) is 1. The fourth-order valence-corrected chi connectivity index (χ4v) is 3.91. The quantitative estimate of drug-likeness (QED) is 0.842. The van der Waals surface area contributed by atoms with Crippen LogP contribution in [0.15, 0.2) is 12.1 Å². The predicted molar refractivity (Wildman–Crippen MR) is 84.5 cm³/mol. The third-order valence-corrected chi connectivity index (χ3v) is 5.46. The second-order valence-corrected chi connectivity index (χ2v) is 7.94. The number of halogens is 1. The van der Waals surface area contributed by atoms with Gasteiger partial charge in [-0.05, 0) is 43.7 Å². The first-order valence-corrected chi connectivity index (χ1v) is 8.73. The number of rotatable bonds is 6. The largest absolute Gasteiger partial charge is 0.379 e. The minimum absolute atomic E-state index is 0.0997. The van der Waals surface area contributed by atoms with Gasteiger partial charge in [-0.25, -0.2) is 0 Å². The lowest BCUT2D eigenvalue weighted by Crippen LogP contribution is -2.58. The molecule has 3 rings (SSSR count). The Bertz CT molecular complexity index is 518. The molecule has 4 nitrogen and oxygen atoms in total. The van der Waals surface area contributed by atoms with E-state index in [0.717, 1.165) is 28.7 Å². The molecule has 1 aromatic heterocycles. The van der Waals surface area contributed by atoms with Gasteiger partial charge in [0.05, 0.1) is 4.34 Å². The highest BCUT2D eigenvalue weighted by atomic mass is 35.5. The molecule has 1 saturated carbocycles. The molecule has 2 N–H and O–H groups in total. The Morgan fingerprint density at radius 2 is 2.29 bits per heavy atom. The van der Waals surface area contributed by atoms with E-state index in [0.29, 0.717) is 25.4 Å². The minimum atomic E-state index is -1.24. The first-order valence-electron chi connectivity index (χ1n) is 7.53. The van der Waals surface area contributed by atoms with Crippen LogP contribution in [0.25, 0.3) is 0 Å². The number of carbonyl (C=O) groups excluding carboxylic acids is 1. The highest BCUT2D eigenvalue weighted by molar-refractivity contribution is 7.16. The summed E-state index contributed by atoms with van der Waals surface area (Å²) < 4.78 is 0.759. The maximum atomic E-state index is 12.5. The molecule has 6 heteroatoms. The molecule has 1 unspecified atom stereocenters. The van der Waals surface area contributed by atoms with Gasteiger partial charge in [-0.1, -0.05) is 11.6 Å². The standard InChI is InChI=1S/C15H21ClN2O2S/c16-13-5-4-12(21-13)8-17-10-15(20)6-1-7-18(14(15)19)9-11-2-3-11/h4-5,11,17,20H,1-3,6-10H2. The monoisotopic (exact) mass is 328 g/mol. The molecule has 1 atom stereocenters. The zero-order valence-corrected chi connectivity index (χ0v) is 13.6. The maximum Gasteiger partial charge on any atom is 0.255 e. The first kappa shape index (κ1) is 15.3. The first-order chi connectivity index (χ1) is 10.1. The molecule has 1 aromatic rings. The van der Waals surface area contributed by atoms with Gasteiger partial charge in [0.15, 0.2) is 5.60 Å². The van der Waals surface area contributed by atoms with Crippen molar-refractivity contribution in [1.29, 1.82) is 0 Å². The van der Waals surface area contributed by atoms with Crippen molar-refractivity contribution in [3.63, 3.8) is 0 Å². The van der Waals surface area contributed by atoms with Gasteiger partial charge < -0.3 is 15.3 Å². The molecule has 0 aromatic carbocycles. The Balaban J connectivity index is 1.53. The average molecular weight is 329 g/mol. The summed E-state index contributed by atoms with van der Waals surface area (Å²) in [7, 11) is 0. The van der Waals surface area contributed by atoms with Gasteiger partial charge in [-0.2, -0.15) is 0 Å². The number of hydrogen-bond acceptors (Lipinski definition) is 4. The van der Waals surface area contributed by atoms with Gasteiger partial charge in [0, 0.05) is 31.1 Å². The normalized spacial score (nSPS) is 26.4. The van der Waals surface area contributed by atoms with E-state index in [-0.39, 0.29) is 5.91 Å². The summed E-state index contributed by atoms with van der Waals surface area (Å²) in [6.45, 7) is 2.55. The van der Waals surface area contributed by atoms with Gasteiger partial charge in [0.1, 0.15) is 0 Å². The number of aliphatic hydroxyl groups is 1. The summed E-state index contributed by atoms with van der Waals surface area (Å²) in [6, 6.07) is 3.83. The van der Waals surface area contributed by atoms with Gasteiger partial charge in [0.2, 0.25) is 0 Å². The van der Waals surface area contributed by atoms with E-state index in [1.165, 1.54) is 24.2 Å². The number of piperidine rings is 1. The predicted octanol–water partition coefficient (Wildman–Crippen LogP) is 2.25. The zero-order valence-electron chi connectivity index (χ0n) is 12.0. The van der Waals surface area contributed by atoms with Crippen molar-refractivity contribution in [1.82, 2.24) is 10.2 Å². The van der Waals surface area contributed by atoms with Gasteiger partial charge in [-0.3, -0.25) is 4.79 Å². The van der Waals surface area contributed by atoms with E-state index in [2.05, 4.69) is 5.32 Å². The second kappa shape index (κ2) is 6.24. The number of thiophene rings is 1. The topological polar surface area (TPSA) is 52.6 Å². The van der Waals surface area contributed by atoms with Crippen molar-refractivity contribution in [2.45, 2.75) is 37.8 Å². The van der Waals surface area contributed by atoms with E-state index in [9.17, 15) is 9.90 Å². The van der Waals surface area contributed by atoms with E-state index in [1.54, 1.807) is 0 Å². The average Bonchev–Trinajstić information content (AvgIpc) is 3.17. The van der Waals surface area contributed by atoms with Gasteiger partial charge in [-0.15, -0.1) is 11.3 Å². The van der Waals surface area contributed by atoms with Crippen LogP contribution < -0.4 is 5.32 Å². The molecular formula is C15H21ClN2O2S. The molecule has 2 heterocycles. The molecular weight excluding hydrogens is 308 g/mol. The molecule has 0 radical (unpaired) electrons. The maximum absolute atomic E-state index is 12.5. The van der Waals surface area contributed by atoms with E-state index >= 15 is 0 Å². The van der Waals surface area contributed by atoms with Crippen LogP contribution in [-0.2, 0) is 11.3 Å². The Hall–Kier alpha value is -0.620. The molecule has 116 valence electrons. The Morgan fingerprint density at radius 1 is 1.48 bits per heavy atom. The molecule has 1 saturated heterocycles. The summed E-state index contributed by atoms with van der Waals surface area (Å²) in [5.41, 5.74) is -1.24. The van der Waals surface area contributed by atoms with E-state index < -0.39 is 5.60 Å². The van der Waals surface area contributed by atoms with Crippen molar-refractivity contribution in [3.05, 3.63) is 21.3 Å². The van der Waals surface area contributed by atoms with Gasteiger partial charge in [0.25, 0.3) is 5.91 Å². The Morgan fingerprint density at radius 3 is 2.95 bits per heavy atom. The van der Waals surface area contributed by atoms with Crippen LogP contribution in [0.1, 0.15) is 30.6 Å². The molecule has 1 aliphatic heterocycles. The van der Waals surface area contributed by atoms with Crippen LogP contribution >= 0.6 is 22.9 Å². The number of amides is 1. The summed E-state index contributed by atoms with van der Waals surface area (Å²) >= 11 is 7.41. The van der Waals surface area contributed by atoms with Crippen LogP contribution in [0.3, 0.4) is 0 Å². The summed E-state index contributed by atoms with van der Waals surface area (Å²) in [5.74, 6) is 0.565.